The van der Waals surface area contributed by atoms with Crippen molar-refractivity contribution in [2.24, 2.45) is 5.92 Å². The zero-order valence-electron chi connectivity index (χ0n) is 10.9. The van der Waals surface area contributed by atoms with Gasteiger partial charge in [0, 0.05) is 41.2 Å². The van der Waals surface area contributed by atoms with Crippen molar-refractivity contribution in [1.82, 2.24) is 4.90 Å². The number of carbonyl (C=O) groups is 1. The third-order valence-electron chi connectivity index (χ3n) is 5.89. The van der Waals surface area contributed by atoms with Crippen LogP contribution in [0.3, 0.4) is 0 Å². The van der Waals surface area contributed by atoms with Gasteiger partial charge in [0.25, 0.3) is 0 Å². The number of nitrogens with zero attached hydrogens (tertiary/aromatic N) is 2. The van der Waals surface area contributed by atoms with Crippen LogP contribution < -0.4 is 0 Å². The fraction of sp³-hybridized carbons (Fsp3) is 0.786. The zero-order valence-corrected chi connectivity index (χ0v) is 14.1. The van der Waals surface area contributed by atoms with Gasteiger partial charge < -0.3 is 4.90 Å². The number of ketones is 1. The maximum Gasteiger partial charge on any atom is 0.234 e. The Bertz CT molecular complexity index is 480. The Balaban J connectivity index is 1.90. The highest BCUT2D eigenvalue weighted by atomic mass is 79.9. The normalized spacial score (nSPS) is 48.6. The van der Waals surface area contributed by atoms with Crippen LogP contribution in [0.25, 0.3) is 0 Å². The first-order valence-corrected chi connectivity index (χ1v) is 8.81. The van der Waals surface area contributed by atoms with E-state index in [0.717, 1.165) is 35.9 Å². The molecule has 104 valence electrons. The SMILES string of the molecule is O=C1CCC2CC[N+]3(Br)C(Br)=CN4CCCC4C23C1. The van der Waals surface area contributed by atoms with Crippen LogP contribution >= 0.6 is 32.1 Å². The first kappa shape index (κ1) is 12.8. The fourth-order valence-electron chi connectivity index (χ4n) is 5.13. The van der Waals surface area contributed by atoms with Crippen molar-refractivity contribution in [3.8, 4) is 0 Å². The first-order valence-electron chi connectivity index (χ1n) is 7.31. The number of carbonyl (C=O) groups excluding carboxylic acids is 1. The molecule has 3 aliphatic heterocycles. The Kier molecular flexibility index (Phi) is 2.75. The van der Waals surface area contributed by atoms with E-state index in [1.165, 1.54) is 23.9 Å². The van der Waals surface area contributed by atoms with E-state index in [9.17, 15) is 4.79 Å². The summed E-state index contributed by atoms with van der Waals surface area (Å²) >= 11 is 7.83. The molecule has 19 heavy (non-hydrogen) atoms. The van der Waals surface area contributed by atoms with Gasteiger partial charge in [-0.2, -0.15) is 0 Å². The number of halogens is 2. The molecule has 3 fully saturated rings. The summed E-state index contributed by atoms with van der Waals surface area (Å²) in [5.41, 5.74) is 0.0828. The second kappa shape index (κ2) is 4.08. The van der Waals surface area contributed by atoms with Crippen molar-refractivity contribution >= 4 is 37.9 Å². The van der Waals surface area contributed by atoms with Gasteiger partial charge >= 0.3 is 0 Å². The van der Waals surface area contributed by atoms with Gasteiger partial charge in [-0.1, -0.05) is 0 Å². The zero-order chi connectivity index (χ0) is 13.3. The van der Waals surface area contributed by atoms with Crippen LogP contribution in [0.1, 0.15) is 38.5 Å². The van der Waals surface area contributed by atoms with E-state index < -0.39 is 0 Å². The standard InChI is InChI=1S/C14H19Br2N2O/c15-13-9-17-6-1-2-12(17)14-8-11(19)4-3-10(14)5-7-18(13,14)16/h9-10,12H,1-8H2/q+1. The van der Waals surface area contributed by atoms with Crippen LogP contribution in [0.15, 0.2) is 10.8 Å². The molecule has 0 aromatic heterocycles. The van der Waals surface area contributed by atoms with E-state index in [2.05, 4.69) is 43.2 Å². The van der Waals surface area contributed by atoms with Crippen LogP contribution in [-0.2, 0) is 4.79 Å². The van der Waals surface area contributed by atoms with E-state index in [-0.39, 0.29) is 5.54 Å². The van der Waals surface area contributed by atoms with Crippen molar-refractivity contribution in [2.45, 2.75) is 50.1 Å². The maximum atomic E-state index is 12.2. The minimum absolute atomic E-state index is 0.0828. The molecule has 4 atom stereocenters. The van der Waals surface area contributed by atoms with Gasteiger partial charge in [0.1, 0.15) is 11.3 Å². The second-order valence-corrected chi connectivity index (χ2v) is 8.54. The smallest absolute Gasteiger partial charge is 0.234 e. The summed E-state index contributed by atoms with van der Waals surface area (Å²) in [7, 11) is 0. The summed E-state index contributed by atoms with van der Waals surface area (Å²) in [5, 5.41) is 0. The molecule has 3 nitrogen and oxygen atoms in total. The number of Topliss-reactive ketones (excluding diaryl/α,β-unsaturated/α-hetero) is 1. The number of hydrogen-bond acceptors (Lipinski definition) is 2. The third-order valence-corrected chi connectivity index (χ3v) is 8.57. The topological polar surface area (TPSA) is 20.3 Å². The quantitative estimate of drug-likeness (QED) is 0.467. The lowest BCUT2D eigenvalue weighted by Crippen LogP contribution is -2.68. The minimum Gasteiger partial charge on any atom is -0.363 e. The van der Waals surface area contributed by atoms with Gasteiger partial charge in [-0.15, -0.1) is 0 Å². The van der Waals surface area contributed by atoms with E-state index in [0.29, 0.717) is 17.7 Å². The Morgan fingerprint density at radius 1 is 1.37 bits per heavy atom. The molecule has 4 rings (SSSR count). The lowest BCUT2D eigenvalue weighted by Gasteiger charge is -2.54. The first-order chi connectivity index (χ1) is 9.08. The fourth-order valence-corrected chi connectivity index (χ4v) is 6.84. The van der Waals surface area contributed by atoms with Gasteiger partial charge in [-0.05, 0) is 19.3 Å². The van der Waals surface area contributed by atoms with Crippen LogP contribution in [0, 0.1) is 5.92 Å². The lowest BCUT2D eigenvalue weighted by atomic mass is 9.67. The van der Waals surface area contributed by atoms with E-state index in [1.54, 1.807) is 0 Å². The molecule has 0 bridgehead atoms. The predicted octanol–water partition coefficient (Wildman–Crippen LogP) is 3.30. The van der Waals surface area contributed by atoms with E-state index >= 15 is 0 Å². The van der Waals surface area contributed by atoms with Gasteiger partial charge in [-0.25, -0.2) is 3.51 Å². The summed E-state index contributed by atoms with van der Waals surface area (Å²) in [6, 6.07) is 0.546. The average molecular weight is 391 g/mol. The molecular formula is C14H19Br2N2O+. The Labute approximate surface area is 131 Å². The highest BCUT2D eigenvalue weighted by Crippen LogP contribution is 2.61. The third kappa shape index (κ3) is 1.45. The Morgan fingerprint density at radius 2 is 2.21 bits per heavy atom. The largest absolute Gasteiger partial charge is 0.363 e. The number of quaternary nitrogens is 1. The summed E-state index contributed by atoms with van der Waals surface area (Å²) in [5.74, 6) is 1.16. The number of hydrogen-bond donors (Lipinski definition) is 0. The molecule has 0 amide bonds. The van der Waals surface area contributed by atoms with Gasteiger partial charge in [0.15, 0.2) is 0 Å². The molecule has 1 aliphatic carbocycles. The molecule has 0 aromatic rings. The van der Waals surface area contributed by atoms with Gasteiger partial charge in [-0.3, -0.25) is 4.79 Å². The molecule has 3 heterocycles. The molecule has 4 unspecified atom stereocenters. The molecule has 0 N–H and O–H groups in total. The highest BCUT2D eigenvalue weighted by Gasteiger charge is 2.70. The summed E-state index contributed by atoms with van der Waals surface area (Å²) < 4.78 is 2.00. The summed E-state index contributed by atoms with van der Waals surface area (Å²) in [6.45, 7) is 2.26. The second-order valence-electron chi connectivity index (χ2n) is 6.52. The van der Waals surface area contributed by atoms with E-state index in [1.807, 2.05) is 0 Å². The van der Waals surface area contributed by atoms with Crippen molar-refractivity contribution in [2.75, 3.05) is 13.1 Å². The van der Waals surface area contributed by atoms with Crippen LogP contribution in [0.4, 0.5) is 0 Å². The van der Waals surface area contributed by atoms with Crippen LogP contribution in [0.5, 0.6) is 0 Å². The molecule has 2 saturated heterocycles. The lowest BCUT2D eigenvalue weighted by molar-refractivity contribution is -0.787. The molecule has 0 aromatic carbocycles. The molecule has 1 saturated carbocycles. The Hall–Kier alpha value is 0.130. The van der Waals surface area contributed by atoms with Crippen molar-refractivity contribution in [3.63, 3.8) is 0 Å². The minimum atomic E-state index is 0.0828. The van der Waals surface area contributed by atoms with Crippen LogP contribution in [0.2, 0.25) is 0 Å². The number of rotatable bonds is 0. The molecule has 4 aliphatic rings. The number of fused-ring (bicyclic) bond motifs is 1. The van der Waals surface area contributed by atoms with Crippen molar-refractivity contribution in [3.05, 3.63) is 10.8 Å². The van der Waals surface area contributed by atoms with Gasteiger partial charge in [0.05, 0.1) is 25.2 Å². The maximum absolute atomic E-state index is 12.2. The van der Waals surface area contributed by atoms with Crippen molar-refractivity contribution < 1.29 is 8.30 Å². The van der Waals surface area contributed by atoms with E-state index in [4.69, 9.17) is 0 Å². The molecular weight excluding hydrogens is 372 g/mol. The molecule has 5 heteroatoms. The Morgan fingerprint density at radius 3 is 3.05 bits per heavy atom. The van der Waals surface area contributed by atoms with Crippen molar-refractivity contribution in [1.29, 1.82) is 0 Å². The average Bonchev–Trinajstić information content (AvgIpc) is 2.94. The summed E-state index contributed by atoms with van der Waals surface area (Å²) in [4.78, 5) is 14.7. The van der Waals surface area contributed by atoms with Gasteiger partial charge in [0.2, 0.25) is 20.8 Å². The predicted molar refractivity (Wildman–Crippen MR) is 80.5 cm³/mol. The monoisotopic (exact) mass is 389 g/mol. The highest BCUT2D eigenvalue weighted by molar-refractivity contribution is 9.12. The molecule has 0 radical (unpaired) electrons. The van der Waals surface area contributed by atoms with Crippen LogP contribution in [-0.4, -0.2) is 38.9 Å². The summed E-state index contributed by atoms with van der Waals surface area (Å²) in [6.07, 6.45) is 8.67. The molecule has 1 spiro atoms.